The molecule has 0 fully saturated rings. The molecule has 0 N–H and O–H groups in total. The average Bonchev–Trinajstić information content (AvgIpc) is 2.88. The molecule has 2 aromatic rings. The van der Waals surface area contributed by atoms with Crippen molar-refractivity contribution in [1.82, 2.24) is 4.90 Å². The van der Waals surface area contributed by atoms with Gasteiger partial charge in [-0.05, 0) is 31.1 Å². The minimum Gasteiger partial charge on any atom is -0.465 e. The van der Waals surface area contributed by atoms with E-state index in [1.807, 2.05) is 61.5 Å². The highest BCUT2D eigenvalue weighted by atomic mass is 16.5. The molecule has 0 saturated heterocycles. The van der Waals surface area contributed by atoms with E-state index in [2.05, 4.69) is 0 Å². The number of benzene rings is 2. The van der Waals surface area contributed by atoms with Crippen LogP contribution in [0.3, 0.4) is 0 Å². The molecular formula is C22H21NO3. The van der Waals surface area contributed by atoms with Crippen LogP contribution in [0.4, 0.5) is 0 Å². The lowest BCUT2D eigenvalue weighted by molar-refractivity contribution is -0.136. The van der Waals surface area contributed by atoms with Gasteiger partial charge in [-0.1, -0.05) is 60.2 Å². The lowest BCUT2D eigenvalue weighted by Gasteiger charge is -2.17. The third kappa shape index (κ3) is 3.45. The van der Waals surface area contributed by atoms with Crippen molar-refractivity contribution in [2.24, 2.45) is 0 Å². The lowest BCUT2D eigenvalue weighted by atomic mass is 10.0. The minimum atomic E-state index is -0.496. The van der Waals surface area contributed by atoms with Gasteiger partial charge in [0.25, 0.3) is 5.91 Å². The van der Waals surface area contributed by atoms with Gasteiger partial charge in [-0.2, -0.15) is 0 Å². The number of nitrogens with zero attached hydrogens (tertiary/aromatic N) is 1. The van der Waals surface area contributed by atoms with Gasteiger partial charge >= 0.3 is 5.97 Å². The second-order valence-electron chi connectivity index (χ2n) is 6.30. The first kappa shape index (κ1) is 17.7. The normalized spacial score (nSPS) is 15.7. The van der Waals surface area contributed by atoms with Gasteiger partial charge < -0.3 is 9.64 Å². The van der Waals surface area contributed by atoms with Crippen LogP contribution in [0.1, 0.15) is 23.6 Å². The summed E-state index contributed by atoms with van der Waals surface area (Å²) in [4.78, 5) is 27.0. The Labute approximate surface area is 153 Å². The third-order valence-electron chi connectivity index (χ3n) is 4.47. The van der Waals surface area contributed by atoms with Crippen LogP contribution in [0.15, 0.2) is 71.4 Å². The number of esters is 1. The topological polar surface area (TPSA) is 46.6 Å². The highest BCUT2D eigenvalue weighted by Gasteiger charge is 2.36. The summed E-state index contributed by atoms with van der Waals surface area (Å²) >= 11 is 0. The molecule has 0 bridgehead atoms. The van der Waals surface area contributed by atoms with Gasteiger partial charge in [0.05, 0.1) is 24.8 Å². The largest absolute Gasteiger partial charge is 0.465 e. The van der Waals surface area contributed by atoms with Gasteiger partial charge in [0.1, 0.15) is 0 Å². The third-order valence-corrected chi connectivity index (χ3v) is 4.47. The minimum absolute atomic E-state index is 0.188. The molecule has 1 aliphatic rings. The number of amides is 1. The molecule has 0 radical (unpaired) electrons. The number of carbonyl (C=O) groups is 2. The molecule has 4 nitrogen and oxygen atoms in total. The van der Waals surface area contributed by atoms with E-state index in [1.165, 1.54) is 7.11 Å². The second-order valence-corrected chi connectivity index (χ2v) is 6.30. The number of ether oxygens (including phenoxy) is 1. The highest BCUT2D eigenvalue weighted by Crippen LogP contribution is 2.32. The van der Waals surface area contributed by atoms with Crippen molar-refractivity contribution in [2.75, 3.05) is 7.11 Å². The zero-order valence-electron chi connectivity index (χ0n) is 15.2. The van der Waals surface area contributed by atoms with Crippen LogP contribution < -0.4 is 0 Å². The van der Waals surface area contributed by atoms with Gasteiger partial charge in [-0.25, -0.2) is 4.79 Å². The van der Waals surface area contributed by atoms with Crippen LogP contribution in [0.25, 0.3) is 6.08 Å². The second kappa shape index (κ2) is 7.40. The number of carbonyl (C=O) groups excluding carboxylic acids is 2. The Morgan fingerprint density at radius 1 is 1.04 bits per heavy atom. The molecule has 1 amide bonds. The monoisotopic (exact) mass is 347 g/mol. The van der Waals surface area contributed by atoms with Gasteiger partial charge in [0.2, 0.25) is 0 Å². The van der Waals surface area contributed by atoms with Crippen LogP contribution in [0, 0.1) is 6.92 Å². The fraction of sp³-hybridized carbons (Fsp3) is 0.182. The first-order valence-corrected chi connectivity index (χ1v) is 8.45. The molecule has 0 aromatic heterocycles. The van der Waals surface area contributed by atoms with Crippen LogP contribution in [-0.4, -0.2) is 23.9 Å². The first-order valence-electron chi connectivity index (χ1n) is 8.45. The predicted octanol–water partition coefficient (Wildman–Crippen LogP) is 3.87. The number of hydrogen-bond acceptors (Lipinski definition) is 3. The zero-order chi connectivity index (χ0) is 18.7. The van der Waals surface area contributed by atoms with E-state index in [-0.39, 0.29) is 5.91 Å². The smallest absolute Gasteiger partial charge is 0.340 e. The molecule has 2 aromatic carbocycles. The quantitative estimate of drug-likeness (QED) is 0.623. The molecule has 0 aliphatic carbocycles. The Hall–Kier alpha value is -3.14. The summed E-state index contributed by atoms with van der Waals surface area (Å²) in [5.74, 6) is -0.683. The predicted molar refractivity (Wildman–Crippen MR) is 101 cm³/mol. The van der Waals surface area contributed by atoms with Crippen LogP contribution >= 0.6 is 0 Å². The Morgan fingerprint density at radius 3 is 2.31 bits per heavy atom. The summed E-state index contributed by atoms with van der Waals surface area (Å²) in [5, 5.41) is 0. The fourth-order valence-corrected chi connectivity index (χ4v) is 3.01. The van der Waals surface area contributed by atoms with Gasteiger partial charge in [-0.3, -0.25) is 4.79 Å². The maximum atomic E-state index is 13.0. The Morgan fingerprint density at radius 2 is 1.69 bits per heavy atom. The first-order chi connectivity index (χ1) is 12.5. The number of aryl methyl sites for hydroxylation is 1. The standard InChI is InChI=1S/C22H21NO3/c1-15-9-11-17(12-10-15)13-19-20(22(25)26-3)16(2)23(21(19)24)14-18-7-5-4-6-8-18/h4-13H,14H2,1-3H3. The van der Waals surface area contributed by atoms with E-state index in [9.17, 15) is 9.59 Å². The fourth-order valence-electron chi connectivity index (χ4n) is 3.01. The van der Waals surface area contributed by atoms with E-state index in [0.717, 1.165) is 16.7 Å². The van der Waals surface area contributed by atoms with Crippen LogP contribution in [0.2, 0.25) is 0 Å². The van der Waals surface area contributed by atoms with Crippen molar-refractivity contribution in [3.63, 3.8) is 0 Å². The molecular weight excluding hydrogens is 326 g/mol. The van der Waals surface area contributed by atoms with Crippen LogP contribution in [-0.2, 0) is 20.9 Å². The number of hydrogen-bond donors (Lipinski definition) is 0. The SMILES string of the molecule is COC(=O)C1=C(C)N(Cc2ccccc2)C(=O)C1=Cc1ccc(C)cc1. The number of rotatable bonds is 4. The molecule has 0 spiro atoms. The van der Waals surface area contributed by atoms with E-state index in [1.54, 1.807) is 17.9 Å². The molecule has 132 valence electrons. The highest BCUT2D eigenvalue weighted by molar-refractivity contribution is 6.16. The molecule has 26 heavy (non-hydrogen) atoms. The number of allylic oxidation sites excluding steroid dienone is 1. The maximum Gasteiger partial charge on any atom is 0.340 e. The van der Waals surface area contributed by atoms with E-state index < -0.39 is 5.97 Å². The summed E-state index contributed by atoms with van der Waals surface area (Å²) in [6, 6.07) is 17.5. The van der Waals surface area contributed by atoms with Crippen molar-refractivity contribution < 1.29 is 14.3 Å². The van der Waals surface area contributed by atoms with Gasteiger partial charge in [-0.15, -0.1) is 0 Å². The summed E-state index contributed by atoms with van der Waals surface area (Å²) in [7, 11) is 1.33. The molecule has 0 atom stereocenters. The Bertz CT molecular complexity index is 893. The van der Waals surface area contributed by atoms with Gasteiger partial charge in [0, 0.05) is 5.70 Å². The average molecular weight is 347 g/mol. The molecule has 1 aliphatic heterocycles. The zero-order valence-corrected chi connectivity index (χ0v) is 15.2. The summed E-state index contributed by atoms with van der Waals surface area (Å²) in [6.07, 6.45) is 1.75. The van der Waals surface area contributed by atoms with Crippen molar-refractivity contribution in [3.8, 4) is 0 Å². The Balaban J connectivity index is 2.02. The molecule has 4 heteroatoms. The van der Waals surface area contributed by atoms with E-state index in [4.69, 9.17) is 4.74 Å². The molecule has 3 rings (SSSR count). The summed E-state index contributed by atoms with van der Waals surface area (Å²) in [5.41, 5.74) is 4.32. The lowest BCUT2D eigenvalue weighted by Crippen LogP contribution is -2.24. The van der Waals surface area contributed by atoms with Gasteiger partial charge in [0.15, 0.2) is 0 Å². The molecule has 0 saturated carbocycles. The summed E-state index contributed by atoms with van der Waals surface area (Å²) in [6.45, 7) is 4.20. The molecule has 0 unspecified atom stereocenters. The van der Waals surface area contributed by atoms with Crippen molar-refractivity contribution >= 4 is 18.0 Å². The molecule has 1 heterocycles. The maximum absolute atomic E-state index is 13.0. The van der Waals surface area contributed by atoms with Crippen molar-refractivity contribution in [3.05, 3.63) is 88.1 Å². The van der Waals surface area contributed by atoms with Crippen molar-refractivity contribution in [1.29, 1.82) is 0 Å². The number of methoxy groups -OCH3 is 1. The van der Waals surface area contributed by atoms with Crippen molar-refractivity contribution in [2.45, 2.75) is 20.4 Å². The van der Waals surface area contributed by atoms with E-state index >= 15 is 0 Å². The van der Waals surface area contributed by atoms with E-state index in [0.29, 0.717) is 23.4 Å². The Kier molecular flexibility index (Phi) is 5.03. The van der Waals surface area contributed by atoms with Crippen LogP contribution in [0.5, 0.6) is 0 Å². The summed E-state index contributed by atoms with van der Waals surface area (Å²) < 4.78 is 4.92.